The number of amides is 1. The van der Waals surface area contributed by atoms with E-state index in [-0.39, 0.29) is 18.6 Å². The van der Waals surface area contributed by atoms with Crippen molar-refractivity contribution >= 4 is 17.5 Å². The number of carbonyl (C=O) groups excluding carboxylic acids is 1. The lowest BCUT2D eigenvalue weighted by atomic mass is 10.2. The number of likely N-dealkylation sites (N-methyl/N-ethyl adjacent to an activating group) is 1. The van der Waals surface area contributed by atoms with Gasteiger partial charge in [0, 0.05) is 11.6 Å². The van der Waals surface area contributed by atoms with Crippen molar-refractivity contribution in [3.05, 3.63) is 52.9 Å². The minimum Gasteiger partial charge on any atom is -0.484 e. The highest BCUT2D eigenvalue weighted by atomic mass is 35.5. The number of nitrogens with zero attached hydrogens (tertiary/aromatic N) is 1. The van der Waals surface area contributed by atoms with Gasteiger partial charge in [0.15, 0.2) is 6.61 Å². The van der Waals surface area contributed by atoms with Crippen molar-refractivity contribution in [2.45, 2.75) is 13.0 Å². The number of rotatable bonds is 7. The lowest BCUT2D eigenvalue weighted by Gasteiger charge is -2.22. The van der Waals surface area contributed by atoms with Crippen LogP contribution in [0.25, 0.3) is 0 Å². The quantitative estimate of drug-likeness (QED) is 0.844. The van der Waals surface area contributed by atoms with Crippen molar-refractivity contribution in [1.82, 2.24) is 10.2 Å². The second-order valence-electron chi connectivity index (χ2n) is 5.47. The summed E-state index contributed by atoms with van der Waals surface area (Å²) in [7, 11) is 3.89. The Kier molecular flexibility index (Phi) is 6.07. The van der Waals surface area contributed by atoms with Crippen molar-refractivity contribution in [1.29, 1.82) is 0 Å². The SMILES string of the molecule is Cc1ccc([C@H](CNC(=O)COc2ccc(Cl)cc2)N(C)C)o1. The van der Waals surface area contributed by atoms with Gasteiger partial charge in [-0.3, -0.25) is 9.69 Å². The Hall–Kier alpha value is -1.98. The van der Waals surface area contributed by atoms with Gasteiger partial charge in [-0.2, -0.15) is 0 Å². The molecule has 0 fully saturated rings. The highest BCUT2D eigenvalue weighted by Gasteiger charge is 2.18. The molecule has 0 bridgehead atoms. The monoisotopic (exact) mass is 336 g/mol. The van der Waals surface area contributed by atoms with Gasteiger partial charge >= 0.3 is 0 Å². The summed E-state index contributed by atoms with van der Waals surface area (Å²) in [6.45, 7) is 2.30. The molecule has 1 N–H and O–H groups in total. The van der Waals surface area contributed by atoms with Gasteiger partial charge in [0.05, 0.1) is 6.04 Å². The first-order valence-corrected chi connectivity index (χ1v) is 7.71. The Balaban J connectivity index is 1.83. The molecule has 2 rings (SSSR count). The van der Waals surface area contributed by atoms with Crippen molar-refractivity contribution < 1.29 is 13.9 Å². The molecular formula is C17H21ClN2O3. The van der Waals surface area contributed by atoms with E-state index in [9.17, 15) is 4.79 Å². The topological polar surface area (TPSA) is 54.7 Å². The van der Waals surface area contributed by atoms with Gasteiger partial charge in [-0.15, -0.1) is 0 Å². The van der Waals surface area contributed by atoms with Gasteiger partial charge in [-0.25, -0.2) is 0 Å². The van der Waals surface area contributed by atoms with Crippen LogP contribution in [-0.4, -0.2) is 38.1 Å². The van der Waals surface area contributed by atoms with E-state index in [4.69, 9.17) is 20.8 Å². The van der Waals surface area contributed by atoms with E-state index in [0.29, 0.717) is 17.3 Å². The molecule has 1 aromatic carbocycles. The first kappa shape index (κ1) is 17.4. The summed E-state index contributed by atoms with van der Waals surface area (Å²) in [4.78, 5) is 13.9. The summed E-state index contributed by atoms with van der Waals surface area (Å²) in [5, 5.41) is 3.49. The summed E-state index contributed by atoms with van der Waals surface area (Å²) >= 11 is 5.80. The number of benzene rings is 1. The van der Waals surface area contributed by atoms with E-state index in [0.717, 1.165) is 11.5 Å². The van der Waals surface area contributed by atoms with Gasteiger partial charge in [0.1, 0.15) is 17.3 Å². The van der Waals surface area contributed by atoms with Crippen LogP contribution >= 0.6 is 11.6 Å². The average molecular weight is 337 g/mol. The molecule has 5 nitrogen and oxygen atoms in total. The molecule has 1 atom stereocenters. The standard InChI is InChI=1S/C17H21ClN2O3/c1-12-4-9-16(23-12)15(20(2)3)10-19-17(21)11-22-14-7-5-13(18)6-8-14/h4-9,15H,10-11H2,1-3H3,(H,19,21)/t15-/m0/s1. The molecule has 6 heteroatoms. The Bertz CT molecular complexity index is 638. The Morgan fingerprint density at radius 1 is 1.26 bits per heavy atom. The Morgan fingerprint density at radius 2 is 1.96 bits per heavy atom. The van der Waals surface area contributed by atoms with Crippen molar-refractivity contribution in [2.75, 3.05) is 27.2 Å². The van der Waals surface area contributed by atoms with Gasteiger partial charge in [0.2, 0.25) is 0 Å². The molecule has 1 heterocycles. The molecule has 2 aromatic rings. The number of carbonyl (C=O) groups is 1. The lowest BCUT2D eigenvalue weighted by Crippen LogP contribution is -2.36. The van der Waals surface area contributed by atoms with Crippen LogP contribution < -0.4 is 10.1 Å². The highest BCUT2D eigenvalue weighted by molar-refractivity contribution is 6.30. The minimum atomic E-state index is -0.185. The number of hydrogen-bond donors (Lipinski definition) is 1. The van der Waals surface area contributed by atoms with Crippen LogP contribution in [-0.2, 0) is 4.79 Å². The molecule has 0 saturated carbocycles. The fourth-order valence-corrected chi connectivity index (χ4v) is 2.24. The normalized spacial score (nSPS) is 12.2. The summed E-state index contributed by atoms with van der Waals surface area (Å²) in [6.07, 6.45) is 0. The van der Waals surface area contributed by atoms with Gasteiger partial charge in [-0.1, -0.05) is 11.6 Å². The van der Waals surface area contributed by atoms with Crippen LogP contribution in [0.15, 0.2) is 40.8 Å². The Labute approximate surface area is 141 Å². The maximum absolute atomic E-state index is 11.9. The largest absolute Gasteiger partial charge is 0.484 e. The summed E-state index contributed by atoms with van der Waals surface area (Å²) in [5.41, 5.74) is 0. The van der Waals surface area contributed by atoms with Crippen LogP contribution in [0.3, 0.4) is 0 Å². The summed E-state index contributed by atoms with van der Waals surface area (Å²) in [6, 6.07) is 10.7. The smallest absolute Gasteiger partial charge is 0.258 e. The van der Waals surface area contributed by atoms with E-state index in [1.165, 1.54) is 0 Å². The van der Waals surface area contributed by atoms with Gasteiger partial charge in [0.25, 0.3) is 5.91 Å². The van der Waals surface area contributed by atoms with Crippen molar-refractivity contribution in [3.63, 3.8) is 0 Å². The molecule has 124 valence electrons. The molecule has 0 saturated heterocycles. The average Bonchev–Trinajstić information content (AvgIpc) is 2.93. The maximum atomic E-state index is 11.9. The summed E-state index contributed by atoms with van der Waals surface area (Å²) < 4.78 is 11.1. The molecule has 0 radical (unpaired) electrons. The number of halogens is 1. The van der Waals surface area contributed by atoms with Crippen LogP contribution in [0.5, 0.6) is 5.75 Å². The molecule has 0 aliphatic carbocycles. The minimum absolute atomic E-state index is 0.0248. The van der Waals surface area contributed by atoms with E-state index >= 15 is 0 Å². The molecule has 0 aliphatic heterocycles. The van der Waals surface area contributed by atoms with Crippen LogP contribution in [0, 0.1) is 6.92 Å². The van der Waals surface area contributed by atoms with Gasteiger partial charge in [-0.05, 0) is 57.4 Å². The zero-order valence-corrected chi connectivity index (χ0v) is 14.3. The lowest BCUT2D eigenvalue weighted by molar-refractivity contribution is -0.123. The second kappa shape index (κ2) is 8.04. The third-order valence-electron chi connectivity index (χ3n) is 3.39. The number of hydrogen-bond acceptors (Lipinski definition) is 4. The van der Waals surface area contributed by atoms with E-state index in [1.54, 1.807) is 24.3 Å². The zero-order valence-electron chi connectivity index (χ0n) is 13.5. The first-order chi connectivity index (χ1) is 11.0. The molecule has 1 amide bonds. The predicted molar refractivity (Wildman–Crippen MR) is 89.8 cm³/mol. The maximum Gasteiger partial charge on any atom is 0.258 e. The Morgan fingerprint density at radius 3 is 2.52 bits per heavy atom. The molecule has 1 aromatic heterocycles. The van der Waals surface area contributed by atoms with E-state index in [1.807, 2.05) is 38.1 Å². The number of nitrogens with one attached hydrogen (secondary N) is 1. The second-order valence-corrected chi connectivity index (χ2v) is 5.91. The first-order valence-electron chi connectivity index (χ1n) is 7.33. The number of ether oxygens (including phenoxy) is 1. The van der Waals surface area contributed by atoms with Crippen molar-refractivity contribution in [2.24, 2.45) is 0 Å². The highest BCUT2D eigenvalue weighted by Crippen LogP contribution is 2.20. The van der Waals surface area contributed by atoms with E-state index < -0.39 is 0 Å². The van der Waals surface area contributed by atoms with Crippen LogP contribution in [0.1, 0.15) is 17.6 Å². The summed E-state index contributed by atoms with van der Waals surface area (Å²) in [5.74, 6) is 2.10. The third-order valence-corrected chi connectivity index (χ3v) is 3.64. The van der Waals surface area contributed by atoms with Crippen LogP contribution in [0.2, 0.25) is 5.02 Å². The zero-order chi connectivity index (χ0) is 16.8. The fraction of sp³-hybridized carbons (Fsp3) is 0.353. The van der Waals surface area contributed by atoms with Crippen molar-refractivity contribution in [3.8, 4) is 5.75 Å². The molecule has 0 aliphatic rings. The van der Waals surface area contributed by atoms with Crippen LogP contribution in [0.4, 0.5) is 0 Å². The number of aryl methyl sites for hydroxylation is 1. The van der Waals surface area contributed by atoms with E-state index in [2.05, 4.69) is 5.32 Å². The fourth-order valence-electron chi connectivity index (χ4n) is 2.11. The molecular weight excluding hydrogens is 316 g/mol. The number of furan rings is 1. The third kappa shape index (κ3) is 5.30. The molecule has 0 spiro atoms. The molecule has 0 unspecified atom stereocenters. The van der Waals surface area contributed by atoms with Gasteiger partial charge < -0.3 is 14.5 Å². The predicted octanol–water partition coefficient (Wildman–Crippen LogP) is 3.04. The molecule has 23 heavy (non-hydrogen) atoms.